The summed E-state index contributed by atoms with van der Waals surface area (Å²) in [4.78, 5) is 10.9. The van der Waals surface area contributed by atoms with Gasteiger partial charge in [-0.25, -0.2) is 14.4 Å². The smallest absolute Gasteiger partial charge is 0.133 e. The molecule has 1 saturated heterocycles. The van der Waals surface area contributed by atoms with Gasteiger partial charge in [-0.3, -0.25) is 0 Å². The number of halogens is 1. The second-order valence-corrected chi connectivity index (χ2v) is 5.78. The third kappa shape index (κ3) is 3.10. The van der Waals surface area contributed by atoms with Crippen molar-refractivity contribution in [2.24, 2.45) is 0 Å². The molecule has 20 heavy (non-hydrogen) atoms. The van der Waals surface area contributed by atoms with Gasteiger partial charge in [0.25, 0.3) is 0 Å². The largest absolute Gasteiger partial charge is 0.356 e. The Bertz CT molecular complexity index is 585. The number of hydrogen-bond acceptors (Lipinski definition) is 4. The minimum absolute atomic E-state index is 0.158. The molecule has 3 rings (SSSR count). The lowest BCUT2D eigenvalue weighted by molar-refractivity contribution is 0.617. The summed E-state index contributed by atoms with van der Waals surface area (Å²) in [5, 5.41) is 0.894. The number of thioether (sulfide) groups is 1. The molecule has 0 amide bonds. The van der Waals surface area contributed by atoms with Gasteiger partial charge in [-0.05, 0) is 24.5 Å². The van der Waals surface area contributed by atoms with Crippen LogP contribution in [-0.4, -0.2) is 23.1 Å². The maximum atomic E-state index is 13.6. The summed E-state index contributed by atoms with van der Waals surface area (Å²) < 4.78 is 13.6. The van der Waals surface area contributed by atoms with E-state index < -0.39 is 0 Å². The van der Waals surface area contributed by atoms with Crippen molar-refractivity contribution in [3.63, 3.8) is 0 Å². The zero-order valence-corrected chi connectivity index (χ0v) is 11.9. The van der Waals surface area contributed by atoms with Crippen LogP contribution < -0.4 is 4.90 Å². The Morgan fingerprint density at radius 3 is 2.75 bits per heavy atom. The van der Waals surface area contributed by atoms with E-state index in [4.69, 9.17) is 0 Å². The second-order valence-electron chi connectivity index (χ2n) is 4.79. The SMILES string of the molecule is Fc1ccccc1CSc1cc(N2CCCC2)ncn1. The highest BCUT2D eigenvalue weighted by atomic mass is 32.2. The number of hydrogen-bond donors (Lipinski definition) is 0. The van der Waals surface area contributed by atoms with Crippen LogP contribution in [0.5, 0.6) is 0 Å². The van der Waals surface area contributed by atoms with E-state index in [0.717, 1.165) is 23.9 Å². The van der Waals surface area contributed by atoms with E-state index in [-0.39, 0.29) is 5.82 Å². The first kappa shape index (κ1) is 13.4. The fourth-order valence-electron chi connectivity index (χ4n) is 2.30. The molecule has 104 valence electrons. The fraction of sp³-hybridized carbons (Fsp3) is 0.333. The second kappa shape index (κ2) is 6.22. The predicted octanol–water partition coefficient (Wildman–Crippen LogP) is 3.51. The molecule has 0 radical (unpaired) electrons. The van der Waals surface area contributed by atoms with Gasteiger partial charge in [-0.15, -0.1) is 11.8 Å². The molecular weight excluding hydrogens is 273 g/mol. The molecule has 0 spiro atoms. The first-order chi connectivity index (χ1) is 9.83. The van der Waals surface area contributed by atoms with E-state index in [9.17, 15) is 4.39 Å². The molecule has 3 nitrogen and oxygen atoms in total. The van der Waals surface area contributed by atoms with Crippen molar-refractivity contribution in [2.75, 3.05) is 18.0 Å². The molecule has 0 atom stereocenters. The summed E-state index contributed by atoms with van der Waals surface area (Å²) >= 11 is 1.54. The van der Waals surface area contributed by atoms with Crippen LogP contribution in [0.25, 0.3) is 0 Å². The summed E-state index contributed by atoms with van der Waals surface area (Å²) in [5.41, 5.74) is 0.707. The minimum Gasteiger partial charge on any atom is -0.356 e. The Balaban J connectivity index is 1.68. The normalized spacial score (nSPS) is 14.8. The molecule has 0 N–H and O–H groups in total. The van der Waals surface area contributed by atoms with E-state index in [1.807, 2.05) is 18.2 Å². The minimum atomic E-state index is -0.158. The van der Waals surface area contributed by atoms with E-state index >= 15 is 0 Å². The molecule has 1 aromatic heterocycles. The first-order valence-electron chi connectivity index (χ1n) is 6.76. The van der Waals surface area contributed by atoms with Gasteiger partial charge in [-0.2, -0.15) is 0 Å². The number of nitrogens with zero attached hydrogens (tertiary/aromatic N) is 3. The summed E-state index contributed by atoms with van der Waals surface area (Å²) in [6.07, 6.45) is 4.04. The molecule has 0 unspecified atom stereocenters. The summed E-state index contributed by atoms with van der Waals surface area (Å²) in [6, 6.07) is 8.86. The summed E-state index contributed by atoms with van der Waals surface area (Å²) in [7, 11) is 0. The van der Waals surface area contributed by atoms with Gasteiger partial charge in [-0.1, -0.05) is 18.2 Å². The Kier molecular flexibility index (Phi) is 4.16. The molecular formula is C15H16FN3S. The lowest BCUT2D eigenvalue weighted by atomic mass is 10.2. The van der Waals surface area contributed by atoms with Gasteiger partial charge in [0.1, 0.15) is 23.0 Å². The quantitative estimate of drug-likeness (QED) is 0.636. The van der Waals surface area contributed by atoms with Crippen molar-refractivity contribution in [1.29, 1.82) is 0 Å². The topological polar surface area (TPSA) is 29.0 Å². The van der Waals surface area contributed by atoms with Gasteiger partial charge in [0.2, 0.25) is 0 Å². The number of rotatable bonds is 4. The van der Waals surface area contributed by atoms with E-state index in [2.05, 4.69) is 14.9 Å². The van der Waals surface area contributed by atoms with Gasteiger partial charge in [0, 0.05) is 24.9 Å². The van der Waals surface area contributed by atoms with E-state index in [1.54, 1.807) is 24.2 Å². The number of anilines is 1. The highest BCUT2D eigenvalue weighted by Crippen LogP contribution is 2.25. The van der Waals surface area contributed by atoms with Crippen molar-refractivity contribution < 1.29 is 4.39 Å². The molecule has 0 bridgehead atoms. The van der Waals surface area contributed by atoms with Crippen molar-refractivity contribution in [1.82, 2.24) is 9.97 Å². The Morgan fingerprint density at radius 2 is 1.95 bits per heavy atom. The van der Waals surface area contributed by atoms with Crippen molar-refractivity contribution >= 4 is 17.6 Å². The molecule has 2 heterocycles. The Morgan fingerprint density at radius 1 is 1.15 bits per heavy atom. The highest BCUT2D eigenvalue weighted by molar-refractivity contribution is 7.98. The zero-order chi connectivity index (χ0) is 13.8. The van der Waals surface area contributed by atoms with Crippen molar-refractivity contribution in [3.05, 3.63) is 48.0 Å². The van der Waals surface area contributed by atoms with E-state index in [1.165, 1.54) is 18.9 Å². The molecule has 1 aromatic carbocycles. The van der Waals surface area contributed by atoms with Gasteiger partial charge in [0.15, 0.2) is 0 Å². The molecule has 0 aliphatic carbocycles. The van der Waals surface area contributed by atoms with Crippen molar-refractivity contribution in [3.8, 4) is 0 Å². The van der Waals surface area contributed by atoms with Crippen molar-refractivity contribution in [2.45, 2.75) is 23.6 Å². The molecule has 1 aliphatic heterocycles. The monoisotopic (exact) mass is 289 g/mol. The average molecular weight is 289 g/mol. The Labute approximate surface area is 122 Å². The number of aromatic nitrogens is 2. The third-order valence-corrected chi connectivity index (χ3v) is 4.37. The van der Waals surface area contributed by atoms with Gasteiger partial charge in [0.05, 0.1) is 0 Å². The summed E-state index contributed by atoms with van der Waals surface area (Å²) in [6.45, 7) is 2.13. The molecule has 2 aromatic rings. The maximum absolute atomic E-state index is 13.6. The predicted molar refractivity (Wildman–Crippen MR) is 79.4 cm³/mol. The third-order valence-electron chi connectivity index (χ3n) is 3.39. The van der Waals surface area contributed by atoms with Crippen LogP contribution in [0.2, 0.25) is 0 Å². The van der Waals surface area contributed by atoms with Crippen LogP contribution in [0, 0.1) is 5.82 Å². The molecule has 1 fully saturated rings. The van der Waals surface area contributed by atoms with Crippen LogP contribution in [0.4, 0.5) is 10.2 Å². The van der Waals surface area contributed by atoms with Crippen LogP contribution in [0.3, 0.4) is 0 Å². The molecule has 1 aliphatic rings. The molecule has 5 heteroatoms. The van der Waals surface area contributed by atoms with Crippen LogP contribution >= 0.6 is 11.8 Å². The van der Waals surface area contributed by atoms with Gasteiger partial charge < -0.3 is 4.90 Å². The lowest BCUT2D eigenvalue weighted by Gasteiger charge is -2.16. The number of benzene rings is 1. The lowest BCUT2D eigenvalue weighted by Crippen LogP contribution is -2.18. The summed E-state index contributed by atoms with van der Waals surface area (Å²) in [5.74, 6) is 1.41. The van der Waals surface area contributed by atoms with E-state index in [0.29, 0.717) is 11.3 Å². The van der Waals surface area contributed by atoms with Crippen LogP contribution in [0.15, 0.2) is 41.7 Å². The molecule has 0 saturated carbocycles. The Hall–Kier alpha value is -1.62. The zero-order valence-electron chi connectivity index (χ0n) is 11.1. The average Bonchev–Trinajstić information content (AvgIpc) is 3.01. The highest BCUT2D eigenvalue weighted by Gasteiger charge is 2.14. The van der Waals surface area contributed by atoms with Crippen LogP contribution in [0.1, 0.15) is 18.4 Å². The first-order valence-corrected chi connectivity index (χ1v) is 7.75. The fourth-order valence-corrected chi connectivity index (χ4v) is 3.14. The van der Waals surface area contributed by atoms with Crippen LogP contribution in [-0.2, 0) is 5.75 Å². The standard InChI is InChI=1S/C15H16FN3S/c16-13-6-2-1-5-12(13)10-20-15-9-14(17-11-18-15)19-7-3-4-8-19/h1-2,5-6,9,11H,3-4,7-8,10H2. The maximum Gasteiger partial charge on any atom is 0.133 e. The van der Waals surface area contributed by atoms with Gasteiger partial charge >= 0.3 is 0 Å².